The molecule has 1 saturated heterocycles. The number of rotatable bonds is 2. The maximum absolute atomic E-state index is 13.8. The van der Waals surface area contributed by atoms with Crippen molar-refractivity contribution < 1.29 is 13.9 Å². The van der Waals surface area contributed by atoms with Crippen LogP contribution in [0.3, 0.4) is 0 Å². The lowest BCUT2D eigenvalue weighted by Crippen LogP contribution is -2.47. The number of piperidine rings is 1. The summed E-state index contributed by atoms with van der Waals surface area (Å²) in [6.45, 7) is 6.74. The Hall–Kier alpha value is -2.09. The van der Waals surface area contributed by atoms with Crippen molar-refractivity contribution in [3.63, 3.8) is 0 Å². The summed E-state index contributed by atoms with van der Waals surface area (Å²) in [7, 11) is 0. The molecule has 1 aliphatic heterocycles. The monoisotopic (exact) mass is 438 g/mol. The largest absolute Gasteiger partial charge is 0.444 e. The van der Waals surface area contributed by atoms with Crippen LogP contribution >= 0.6 is 15.9 Å². The summed E-state index contributed by atoms with van der Waals surface area (Å²) in [6, 6.07) is 3.06. The molecular formula is C19H24BrFN4O2. The lowest BCUT2D eigenvalue weighted by Gasteiger charge is -2.35. The van der Waals surface area contributed by atoms with Crippen molar-refractivity contribution in [3.8, 4) is 0 Å². The van der Waals surface area contributed by atoms with Crippen LogP contribution in [0.4, 0.5) is 20.6 Å². The molecule has 146 valence electrons. The van der Waals surface area contributed by atoms with Gasteiger partial charge in [0.05, 0.1) is 27.6 Å². The van der Waals surface area contributed by atoms with E-state index < -0.39 is 5.60 Å². The molecule has 0 spiro atoms. The zero-order valence-electron chi connectivity index (χ0n) is 15.7. The summed E-state index contributed by atoms with van der Waals surface area (Å²) < 4.78 is 19.6. The Morgan fingerprint density at radius 1 is 1.44 bits per heavy atom. The van der Waals surface area contributed by atoms with Crippen molar-refractivity contribution in [2.75, 3.05) is 24.1 Å². The van der Waals surface area contributed by atoms with Gasteiger partial charge < -0.3 is 20.7 Å². The average molecular weight is 439 g/mol. The highest BCUT2D eigenvalue weighted by Gasteiger charge is 2.28. The number of carbonyl (C=O) groups is 1. The first-order chi connectivity index (χ1) is 12.6. The molecule has 3 N–H and O–H groups in total. The molecule has 1 aliphatic rings. The number of nitrogens with zero attached hydrogens (tertiary/aromatic N) is 2. The summed E-state index contributed by atoms with van der Waals surface area (Å²) in [4.78, 5) is 18.3. The topological polar surface area (TPSA) is 80.5 Å². The number of nitrogens with one attached hydrogen (secondary N) is 1. The summed E-state index contributed by atoms with van der Waals surface area (Å²) in [6.07, 6.45) is 2.96. The van der Waals surface area contributed by atoms with Crippen LogP contribution in [-0.4, -0.2) is 40.7 Å². The summed E-state index contributed by atoms with van der Waals surface area (Å²) in [5, 5.41) is 4.16. The van der Waals surface area contributed by atoms with Crippen molar-refractivity contribution in [2.45, 2.75) is 45.3 Å². The van der Waals surface area contributed by atoms with Crippen LogP contribution in [0.5, 0.6) is 0 Å². The number of fused-ring (bicyclic) bond motifs is 1. The van der Waals surface area contributed by atoms with E-state index in [0.717, 1.165) is 18.2 Å². The van der Waals surface area contributed by atoms with Gasteiger partial charge in [0.1, 0.15) is 11.4 Å². The fourth-order valence-corrected chi connectivity index (χ4v) is 3.50. The van der Waals surface area contributed by atoms with Gasteiger partial charge in [0.2, 0.25) is 0 Å². The molecule has 3 rings (SSSR count). The molecule has 1 fully saturated rings. The number of ether oxygens (including phenoxy) is 1. The first kappa shape index (κ1) is 19.7. The van der Waals surface area contributed by atoms with Crippen LogP contribution in [0.25, 0.3) is 10.9 Å². The molecule has 0 unspecified atom stereocenters. The SMILES string of the molecule is CC(C)(C)OC(=O)N1CCC[C@@H](Nc2c(N)cnc3cc(F)c(Br)cc23)C1. The number of likely N-dealkylation sites (tertiary alicyclic amines) is 1. The Morgan fingerprint density at radius 2 is 2.19 bits per heavy atom. The molecule has 2 aromatic rings. The maximum Gasteiger partial charge on any atom is 0.410 e. The minimum atomic E-state index is -0.528. The molecule has 8 heteroatoms. The van der Waals surface area contributed by atoms with E-state index >= 15 is 0 Å². The molecule has 0 bridgehead atoms. The Bertz CT molecular complexity index is 869. The Labute approximate surface area is 166 Å². The lowest BCUT2D eigenvalue weighted by atomic mass is 10.0. The third-order valence-corrected chi connectivity index (χ3v) is 4.97. The maximum atomic E-state index is 13.8. The smallest absolute Gasteiger partial charge is 0.410 e. The van der Waals surface area contributed by atoms with Crippen molar-refractivity contribution in [3.05, 3.63) is 28.6 Å². The van der Waals surface area contributed by atoms with Crippen molar-refractivity contribution >= 4 is 44.3 Å². The minimum Gasteiger partial charge on any atom is -0.444 e. The van der Waals surface area contributed by atoms with Crippen molar-refractivity contribution in [1.29, 1.82) is 0 Å². The first-order valence-electron chi connectivity index (χ1n) is 8.92. The van der Waals surface area contributed by atoms with E-state index in [1.54, 1.807) is 11.0 Å². The molecule has 1 atom stereocenters. The molecule has 2 heterocycles. The normalized spacial score (nSPS) is 17.8. The number of pyridine rings is 1. The highest BCUT2D eigenvalue weighted by atomic mass is 79.9. The van der Waals surface area contributed by atoms with Crippen molar-refractivity contribution in [2.24, 2.45) is 0 Å². The van der Waals surface area contributed by atoms with E-state index in [0.29, 0.717) is 34.5 Å². The van der Waals surface area contributed by atoms with Crippen molar-refractivity contribution in [1.82, 2.24) is 9.88 Å². The van der Waals surface area contributed by atoms with Gasteiger partial charge in [0, 0.05) is 30.6 Å². The molecule has 0 radical (unpaired) electrons. The number of halogens is 2. The van der Waals surface area contributed by atoms with Gasteiger partial charge in [-0.15, -0.1) is 0 Å². The van der Waals surface area contributed by atoms with Gasteiger partial charge in [0.25, 0.3) is 0 Å². The molecule has 1 amide bonds. The third kappa shape index (κ3) is 4.61. The summed E-state index contributed by atoms with van der Waals surface area (Å²) >= 11 is 3.22. The van der Waals surface area contributed by atoms with E-state index in [4.69, 9.17) is 10.5 Å². The highest BCUT2D eigenvalue weighted by molar-refractivity contribution is 9.10. The number of aromatic nitrogens is 1. The Balaban J connectivity index is 1.81. The second-order valence-electron chi connectivity index (χ2n) is 7.78. The highest BCUT2D eigenvalue weighted by Crippen LogP contribution is 2.33. The first-order valence-corrected chi connectivity index (χ1v) is 9.71. The van der Waals surface area contributed by atoms with E-state index in [9.17, 15) is 9.18 Å². The quantitative estimate of drug-likeness (QED) is 0.719. The van der Waals surface area contributed by atoms with Crippen LogP contribution in [0, 0.1) is 5.82 Å². The van der Waals surface area contributed by atoms with Gasteiger partial charge in [-0.25, -0.2) is 9.18 Å². The van der Waals surface area contributed by atoms with Crippen LogP contribution in [0.1, 0.15) is 33.6 Å². The molecule has 6 nitrogen and oxygen atoms in total. The number of nitrogens with two attached hydrogens (primary N) is 1. The van der Waals surface area contributed by atoms with Crippen LogP contribution in [0.15, 0.2) is 22.8 Å². The van der Waals surface area contributed by atoms with Gasteiger partial charge in [-0.1, -0.05) is 0 Å². The second-order valence-corrected chi connectivity index (χ2v) is 8.64. The predicted octanol–water partition coefficient (Wildman–Crippen LogP) is 4.53. The van der Waals surface area contributed by atoms with Gasteiger partial charge >= 0.3 is 6.09 Å². The summed E-state index contributed by atoms with van der Waals surface area (Å²) in [5.74, 6) is -0.375. The van der Waals surface area contributed by atoms with E-state index in [2.05, 4.69) is 26.2 Å². The number of benzene rings is 1. The Kier molecular flexibility index (Phi) is 5.46. The standard InChI is InChI=1S/C19H24BrFN4O2/c1-19(2,3)27-18(26)25-6-4-5-11(10-25)24-17-12-7-13(20)14(21)8-16(12)23-9-15(17)22/h7-9,11H,4-6,10,22H2,1-3H3,(H,23,24)/t11-/m1/s1. The molecular weight excluding hydrogens is 415 g/mol. The van der Waals surface area contributed by atoms with E-state index in [1.165, 1.54) is 12.3 Å². The molecule has 0 aliphatic carbocycles. The van der Waals surface area contributed by atoms with E-state index in [-0.39, 0.29) is 18.0 Å². The number of anilines is 2. The number of amides is 1. The average Bonchev–Trinajstić information content (AvgIpc) is 2.58. The van der Waals surface area contributed by atoms with Gasteiger partial charge in [-0.05, 0) is 55.6 Å². The third-order valence-electron chi connectivity index (χ3n) is 4.36. The number of hydrogen-bond acceptors (Lipinski definition) is 5. The second kappa shape index (κ2) is 7.50. The van der Waals surface area contributed by atoms with Gasteiger partial charge in [0.15, 0.2) is 0 Å². The molecule has 1 aromatic heterocycles. The van der Waals surface area contributed by atoms with Crippen LogP contribution in [-0.2, 0) is 4.74 Å². The van der Waals surface area contributed by atoms with Crippen LogP contribution < -0.4 is 11.1 Å². The lowest BCUT2D eigenvalue weighted by molar-refractivity contribution is 0.0206. The summed E-state index contributed by atoms with van der Waals surface area (Å²) in [5.41, 5.74) is 7.31. The fraction of sp³-hybridized carbons (Fsp3) is 0.474. The van der Waals surface area contributed by atoms with E-state index in [1.807, 2.05) is 20.8 Å². The van der Waals surface area contributed by atoms with Gasteiger partial charge in [-0.2, -0.15) is 0 Å². The minimum absolute atomic E-state index is 0.0167. The zero-order valence-corrected chi connectivity index (χ0v) is 17.3. The number of carbonyl (C=O) groups excluding carboxylic acids is 1. The molecule has 27 heavy (non-hydrogen) atoms. The fourth-order valence-electron chi connectivity index (χ4n) is 3.15. The molecule has 1 aromatic carbocycles. The predicted molar refractivity (Wildman–Crippen MR) is 108 cm³/mol. The molecule has 0 saturated carbocycles. The van der Waals surface area contributed by atoms with Gasteiger partial charge in [-0.3, -0.25) is 4.98 Å². The van der Waals surface area contributed by atoms with Crippen LogP contribution in [0.2, 0.25) is 0 Å². The number of nitrogen functional groups attached to an aromatic ring is 1. The number of hydrogen-bond donors (Lipinski definition) is 2. The zero-order chi connectivity index (χ0) is 19.8. The Morgan fingerprint density at radius 3 is 2.89 bits per heavy atom.